The Kier molecular flexibility index (Phi) is 3540000000. The fourth-order valence-electron chi connectivity index (χ4n) is 0. The first-order chi connectivity index (χ1) is 0. The Morgan fingerprint density at radius 2 is 0.0208 bits per heavy atom. The van der Waals surface area contributed by atoms with Crippen LogP contribution in [0.25, 0.3) is 0 Å². The first kappa shape index (κ1) is 593000. The molecule has 0 aliphatic carbocycles. The van der Waals surface area contributed by atoms with Gasteiger partial charge < -0.3 is 504 Å². The molecule has 736 valence electrons. The van der Waals surface area contributed by atoms with E-state index in [-0.39, 0.29) is 582 Å². The van der Waals surface area contributed by atoms with Crippen molar-refractivity contribution >= 4 is 0 Å². The zero-order chi connectivity index (χ0) is 0. The summed E-state index contributed by atoms with van der Waals surface area (Å²) in [5.74, 6) is 0. The minimum atomic E-state index is 0. The molecule has 0 aliphatic rings. The zero-order valence-electron chi connectivity index (χ0n) is 40.4. The summed E-state index contributed by atoms with van der Waals surface area (Å²) >= 11 is 0. The van der Waals surface area contributed by atoms with E-state index < -0.39 is 0 Å². The van der Waals surface area contributed by atoms with Crippen molar-refractivity contribution in [3.63, 3.8) is 0 Å². The minimum absolute atomic E-state index is 0. The normalized spacial score (nSPS) is 0. The van der Waals surface area contributed by atoms with Crippen LogP contribution in [0, 0.1) is 0 Å². The summed E-state index contributed by atoms with van der Waals surface area (Å²) in [7, 11) is 0. The third-order valence-electron chi connectivity index (χ3n) is 0. The maximum absolute atomic E-state index is 0. The van der Waals surface area contributed by atoms with Crippen LogP contribution in [0.4, 0.5) is 0 Å². The van der Waals surface area contributed by atoms with E-state index in [4.69, 9.17) is 0 Å². The summed E-state index contributed by atoms with van der Waals surface area (Å²) in [6.45, 7) is 0. The van der Waals surface area contributed by atoms with E-state index in [9.17, 15) is 0 Å². The van der Waals surface area contributed by atoms with Gasteiger partial charge in [-0.3, -0.25) is 0 Å². The van der Waals surface area contributed by atoms with Gasteiger partial charge in [0, 0.05) is 0 Å². The monoisotopic (exact) mass is 1730 g/mol. The molecule has 96 heavy (non-hydrogen) atoms. The molecular weight excluding hydrogens is 1730 g/mol. The second-order valence-electron chi connectivity index (χ2n) is 0. The molecule has 0 amide bonds. The van der Waals surface area contributed by atoms with Gasteiger partial charge in [0.05, 0.1) is 0 Å². The van der Waals surface area contributed by atoms with Gasteiger partial charge in [0.25, 0.3) is 0 Å². The van der Waals surface area contributed by atoms with Crippen LogP contribution >= 0.6 is 0 Å². The quantitative estimate of drug-likeness (QED) is 0.204. The summed E-state index contributed by atoms with van der Waals surface area (Å²) in [6, 6.07) is 0. The number of hydrogen-bond donors (Lipinski definition) is 0. The van der Waals surface area contributed by atoms with Crippen molar-refractivity contribution in [2.45, 2.75) is 0 Å². The summed E-state index contributed by atoms with van der Waals surface area (Å²) in [4.78, 5) is 0. The number of hydrogen-bond acceptors (Lipinski definition) is 0. The smallest absolute Gasteiger partial charge is 2.00 e. The summed E-state index contributed by atoms with van der Waals surface area (Å²) in [6.07, 6.45) is 0. The van der Waals surface area contributed by atoms with Crippen molar-refractivity contribution in [3.8, 4) is 0 Å². The van der Waals surface area contributed by atoms with Gasteiger partial charge >= 0.3 is 77.9 Å². The molecule has 0 unspecified atom stereocenters. The third kappa shape index (κ3) is 556000. The molecule has 0 spiro atoms. The molecule has 0 atom stereocenters. The summed E-state index contributed by atoms with van der Waals surface area (Å²) < 4.78 is 0. The van der Waals surface area contributed by atoms with E-state index in [0.717, 1.165) is 0 Å². The molecule has 0 heterocycles. The molecule has 0 aromatic carbocycles. The SMILES string of the molecule is [O-2].[O-2].[O-2].[O-2].[O-2].[O-2].[O-2].[O-2].[O-2].[O-2].[O-2].[O-2].[O-2].[O-2].[O-2].[O-2].[O-2].[O-2].[O-2].[O-2].[O-2].[O-2].[O-2].[O-2].[O-2].[O-2].[O-2].[O-2].[O-2].[O-2].[O-2].[O-2].[O-2].[O-2].[O-2].[O-2].[O-2].[O-2].[O-2].[O-2].[O-2].[O-2].[O-2].[O-2].[O-2].[O-2].[O-2].[O-2].[O-2].[O-2].[O-2].[O-2].[O-2].[O-2].[O-2].[O-2].[O-2].[O-2].[O-2].[O-2].[O-2].[O-2].[O-2].[O-2].[O-2].[O-2].[O-2].[O-2].[O-2].[O-2].[O-2].[O-2].[O-2].[O-2].[O-2].[O-2].[O-2].[O-2].[O-2].[O-2].[O-2].[O-2].[O-2].[O-2].[O-2].[O-2].[O-2].[O-2].[O-2].[O-2].[O-2].[O-2].[Zn+2].[Zn+2].[Zn+2].[Zn+2]. The van der Waals surface area contributed by atoms with Crippen LogP contribution in [0.2, 0.25) is 0 Å². The van der Waals surface area contributed by atoms with Crippen molar-refractivity contribution in [2.75, 3.05) is 0 Å². The molecule has 0 saturated heterocycles. The Balaban J connectivity index is 0. The maximum Gasteiger partial charge on any atom is 2.00 e. The van der Waals surface area contributed by atoms with Gasteiger partial charge in [-0.1, -0.05) is 0 Å². The summed E-state index contributed by atoms with van der Waals surface area (Å²) in [5.41, 5.74) is 0. The van der Waals surface area contributed by atoms with Gasteiger partial charge in [0.1, 0.15) is 0 Å². The average molecular weight is 1730 g/mol. The molecule has 0 radical (unpaired) electrons. The Hall–Kier alpha value is -1.19. The molecule has 0 aromatic rings. The minimum Gasteiger partial charge on any atom is -2.00 e. The van der Waals surface area contributed by atoms with Gasteiger partial charge in [-0.25, -0.2) is 0 Å². The number of rotatable bonds is 0. The molecule has 0 bridgehead atoms. The molecule has 96 heteroatoms. The van der Waals surface area contributed by atoms with E-state index >= 15 is 0 Å². The van der Waals surface area contributed by atoms with Gasteiger partial charge in [0.2, 0.25) is 0 Å². The van der Waals surface area contributed by atoms with Crippen LogP contribution < -0.4 is 0 Å². The van der Waals surface area contributed by atoms with Crippen LogP contribution in [0.5, 0.6) is 0 Å². The Morgan fingerprint density at radius 1 is 0.0208 bits per heavy atom. The van der Waals surface area contributed by atoms with Crippen molar-refractivity contribution < 1.29 is 582 Å². The Labute approximate surface area is 581 Å². The van der Waals surface area contributed by atoms with Gasteiger partial charge in [-0.15, -0.1) is 0 Å². The van der Waals surface area contributed by atoms with Gasteiger partial charge in [-0.05, 0) is 0 Å². The van der Waals surface area contributed by atoms with E-state index in [1.165, 1.54) is 0 Å². The molecular formula is O92Zn4-176. The maximum atomic E-state index is 0. The van der Waals surface area contributed by atoms with E-state index in [0.29, 0.717) is 0 Å². The average Bonchev–Trinajstić information content (AvgIpc) is 0. The second kappa shape index (κ2) is 574000. The van der Waals surface area contributed by atoms with E-state index in [2.05, 4.69) is 0 Å². The predicted octanol–water partition coefficient (Wildman–Crippen LogP) is -10.9. The van der Waals surface area contributed by atoms with Gasteiger partial charge in [0.15, 0.2) is 0 Å². The van der Waals surface area contributed by atoms with Crippen LogP contribution in [-0.4, -0.2) is 0 Å². The van der Waals surface area contributed by atoms with Crippen LogP contribution in [0.1, 0.15) is 0 Å². The van der Waals surface area contributed by atoms with Crippen LogP contribution in [-0.2, 0) is 582 Å². The fourth-order valence-corrected chi connectivity index (χ4v) is 0. The first-order valence-electron chi connectivity index (χ1n) is 0. The topological polar surface area (TPSA) is 2620 Å². The molecule has 0 N–H and O–H groups in total. The molecule has 0 aromatic heterocycles. The van der Waals surface area contributed by atoms with Crippen LogP contribution in [0.15, 0.2) is 0 Å². The van der Waals surface area contributed by atoms with Gasteiger partial charge in [-0.2, -0.15) is 0 Å². The van der Waals surface area contributed by atoms with Crippen LogP contribution in [0.3, 0.4) is 0 Å². The largest absolute Gasteiger partial charge is 2.00 e. The molecule has 0 saturated carbocycles. The fraction of sp³-hybridized carbons (Fsp3) is 0. The molecule has 0 rings (SSSR count). The van der Waals surface area contributed by atoms with Crippen molar-refractivity contribution in [1.82, 2.24) is 0 Å². The predicted molar refractivity (Wildman–Crippen MR) is 63.2 cm³/mol. The molecule has 0 aliphatic heterocycles. The first-order valence-corrected chi connectivity index (χ1v) is 0. The standard InChI is InChI=1S/92O.4Zn/q92*-2;4*+2. The second-order valence-corrected chi connectivity index (χ2v) is 0. The zero-order valence-corrected chi connectivity index (χ0v) is 52.3. The third-order valence-corrected chi connectivity index (χ3v) is 0. The molecule has 92 nitrogen and oxygen atoms in total. The van der Waals surface area contributed by atoms with Crippen molar-refractivity contribution in [2.24, 2.45) is 0 Å². The Morgan fingerprint density at radius 3 is 0.0208 bits per heavy atom. The van der Waals surface area contributed by atoms with E-state index in [1.54, 1.807) is 0 Å². The van der Waals surface area contributed by atoms with Crippen molar-refractivity contribution in [3.05, 3.63) is 0 Å². The van der Waals surface area contributed by atoms with Crippen molar-refractivity contribution in [1.29, 1.82) is 0 Å². The Bertz CT molecular complexity index is 24.0. The van der Waals surface area contributed by atoms with E-state index in [1.807, 2.05) is 0 Å². The summed E-state index contributed by atoms with van der Waals surface area (Å²) in [5, 5.41) is 0. The molecule has 0 fully saturated rings.